The van der Waals surface area contributed by atoms with Gasteiger partial charge in [-0.05, 0) is 31.2 Å². The molecule has 0 amide bonds. The molecule has 27 heavy (non-hydrogen) atoms. The van der Waals surface area contributed by atoms with Crippen molar-refractivity contribution in [2.24, 2.45) is 0 Å². The van der Waals surface area contributed by atoms with Gasteiger partial charge in [0, 0.05) is 17.7 Å². The number of nitro benzene ring substituents is 1. The SMILES string of the molecule is C[C@@H](OC(=O)/C=C/c1ccccc1[N+](=O)[O-])c1nnc(-c2ccccc2)o1. The van der Waals surface area contributed by atoms with Crippen LogP contribution in [0.15, 0.2) is 65.1 Å². The number of nitro groups is 1. The van der Waals surface area contributed by atoms with E-state index in [0.717, 1.165) is 11.6 Å². The van der Waals surface area contributed by atoms with Crippen LogP contribution in [0, 0.1) is 10.1 Å². The average Bonchev–Trinajstić information content (AvgIpc) is 3.17. The summed E-state index contributed by atoms with van der Waals surface area (Å²) in [6, 6.07) is 15.3. The van der Waals surface area contributed by atoms with Crippen LogP contribution in [0.5, 0.6) is 0 Å². The van der Waals surface area contributed by atoms with Gasteiger partial charge in [-0.15, -0.1) is 10.2 Å². The van der Waals surface area contributed by atoms with E-state index in [9.17, 15) is 14.9 Å². The number of hydrogen-bond acceptors (Lipinski definition) is 7. The Morgan fingerprint density at radius 1 is 1.15 bits per heavy atom. The Balaban J connectivity index is 1.66. The van der Waals surface area contributed by atoms with Crippen LogP contribution in [0.3, 0.4) is 0 Å². The van der Waals surface area contributed by atoms with E-state index >= 15 is 0 Å². The van der Waals surface area contributed by atoms with Crippen LogP contribution in [-0.2, 0) is 9.53 Å². The second-order valence-electron chi connectivity index (χ2n) is 5.54. The summed E-state index contributed by atoms with van der Waals surface area (Å²) >= 11 is 0. The minimum atomic E-state index is -0.766. The van der Waals surface area contributed by atoms with Crippen molar-refractivity contribution in [2.45, 2.75) is 13.0 Å². The number of hydrogen-bond donors (Lipinski definition) is 0. The molecule has 0 radical (unpaired) electrons. The molecule has 0 aliphatic rings. The second kappa shape index (κ2) is 8.05. The van der Waals surface area contributed by atoms with Crippen molar-refractivity contribution >= 4 is 17.7 Å². The van der Waals surface area contributed by atoms with E-state index < -0.39 is 17.0 Å². The lowest BCUT2D eigenvalue weighted by molar-refractivity contribution is -0.385. The van der Waals surface area contributed by atoms with Gasteiger partial charge >= 0.3 is 5.97 Å². The molecule has 0 bridgehead atoms. The van der Waals surface area contributed by atoms with E-state index in [1.165, 1.54) is 18.2 Å². The largest absolute Gasteiger partial charge is 0.449 e. The molecule has 0 fully saturated rings. The molecule has 0 saturated carbocycles. The summed E-state index contributed by atoms with van der Waals surface area (Å²) in [5.41, 5.74) is 0.960. The molecular weight excluding hydrogens is 350 g/mol. The smallest absolute Gasteiger partial charge is 0.331 e. The third kappa shape index (κ3) is 4.43. The van der Waals surface area contributed by atoms with Crippen LogP contribution in [0.25, 0.3) is 17.5 Å². The lowest BCUT2D eigenvalue weighted by Gasteiger charge is -2.06. The monoisotopic (exact) mass is 365 g/mol. The number of rotatable bonds is 6. The first-order valence-corrected chi connectivity index (χ1v) is 8.05. The van der Waals surface area contributed by atoms with E-state index in [0.29, 0.717) is 11.5 Å². The third-order valence-electron chi connectivity index (χ3n) is 3.63. The van der Waals surface area contributed by atoms with Gasteiger partial charge in [-0.25, -0.2) is 4.79 Å². The Kier molecular flexibility index (Phi) is 5.36. The van der Waals surface area contributed by atoms with Crippen molar-refractivity contribution in [3.05, 3.63) is 82.2 Å². The fourth-order valence-electron chi connectivity index (χ4n) is 2.31. The van der Waals surface area contributed by atoms with Crippen molar-refractivity contribution in [1.82, 2.24) is 10.2 Å². The second-order valence-corrected chi connectivity index (χ2v) is 5.54. The molecule has 0 N–H and O–H groups in total. The van der Waals surface area contributed by atoms with Crippen LogP contribution in [0.4, 0.5) is 5.69 Å². The van der Waals surface area contributed by atoms with Gasteiger partial charge in [-0.2, -0.15) is 0 Å². The van der Waals surface area contributed by atoms with Crippen molar-refractivity contribution in [3.63, 3.8) is 0 Å². The summed E-state index contributed by atoms with van der Waals surface area (Å²) in [7, 11) is 0. The van der Waals surface area contributed by atoms with Gasteiger partial charge in [-0.1, -0.05) is 30.3 Å². The first-order chi connectivity index (χ1) is 13.0. The van der Waals surface area contributed by atoms with E-state index in [2.05, 4.69) is 10.2 Å². The molecule has 8 nitrogen and oxygen atoms in total. The van der Waals surface area contributed by atoms with Crippen molar-refractivity contribution < 1.29 is 18.9 Å². The molecule has 3 aromatic rings. The number of benzene rings is 2. The summed E-state index contributed by atoms with van der Waals surface area (Å²) in [6.45, 7) is 1.60. The Morgan fingerprint density at radius 2 is 1.85 bits per heavy atom. The standard InChI is InChI=1S/C19H15N3O5/c1-13(18-20-21-19(27-18)15-8-3-2-4-9-15)26-17(23)12-11-14-7-5-6-10-16(14)22(24)25/h2-13H,1H3/b12-11+/t13-/m1/s1. The van der Waals surface area contributed by atoms with Crippen LogP contribution < -0.4 is 0 Å². The molecule has 0 unspecified atom stereocenters. The van der Waals surface area contributed by atoms with Crippen molar-refractivity contribution in [3.8, 4) is 11.5 Å². The average molecular weight is 365 g/mol. The van der Waals surface area contributed by atoms with Crippen LogP contribution in [0.1, 0.15) is 24.5 Å². The molecule has 0 spiro atoms. The van der Waals surface area contributed by atoms with Gasteiger partial charge in [0.1, 0.15) is 0 Å². The summed E-state index contributed by atoms with van der Waals surface area (Å²) in [5.74, 6) is -0.203. The first-order valence-electron chi connectivity index (χ1n) is 8.05. The maximum atomic E-state index is 12.0. The van der Waals surface area contributed by atoms with Crippen LogP contribution >= 0.6 is 0 Å². The number of carbonyl (C=O) groups is 1. The third-order valence-corrected chi connectivity index (χ3v) is 3.63. The van der Waals surface area contributed by atoms with Gasteiger partial charge in [0.2, 0.25) is 5.89 Å². The van der Waals surface area contributed by atoms with Crippen LogP contribution in [-0.4, -0.2) is 21.1 Å². The molecule has 8 heteroatoms. The predicted molar refractivity (Wildman–Crippen MR) is 96.4 cm³/mol. The molecule has 1 aromatic heterocycles. The van der Waals surface area contributed by atoms with Gasteiger partial charge in [0.25, 0.3) is 11.6 Å². The highest BCUT2D eigenvalue weighted by atomic mass is 16.6. The number of esters is 1. The summed E-state index contributed by atoms with van der Waals surface area (Å²) in [5, 5.41) is 18.8. The van der Waals surface area contributed by atoms with Crippen molar-refractivity contribution in [1.29, 1.82) is 0 Å². The maximum Gasteiger partial charge on any atom is 0.331 e. The zero-order valence-electron chi connectivity index (χ0n) is 14.3. The highest BCUT2D eigenvalue weighted by molar-refractivity contribution is 5.88. The molecule has 0 saturated heterocycles. The molecule has 1 heterocycles. The lowest BCUT2D eigenvalue weighted by atomic mass is 10.1. The topological polar surface area (TPSA) is 108 Å². The molecule has 2 aromatic carbocycles. The Hall–Kier alpha value is -3.81. The summed E-state index contributed by atoms with van der Waals surface area (Å²) < 4.78 is 10.7. The highest BCUT2D eigenvalue weighted by Crippen LogP contribution is 2.23. The molecule has 3 rings (SSSR count). The number of nitrogens with zero attached hydrogens (tertiary/aromatic N) is 3. The van der Waals surface area contributed by atoms with Crippen molar-refractivity contribution in [2.75, 3.05) is 0 Å². The Morgan fingerprint density at radius 3 is 2.59 bits per heavy atom. The minimum Gasteiger partial charge on any atom is -0.449 e. The fraction of sp³-hybridized carbons (Fsp3) is 0.105. The Bertz CT molecular complexity index is 982. The lowest BCUT2D eigenvalue weighted by Crippen LogP contribution is -2.06. The first kappa shape index (κ1) is 18.0. The quantitative estimate of drug-likeness (QED) is 0.281. The molecule has 0 aliphatic carbocycles. The van der Waals surface area contributed by atoms with E-state index in [-0.39, 0.29) is 11.6 Å². The maximum absolute atomic E-state index is 12.0. The molecular formula is C19H15N3O5. The summed E-state index contributed by atoms with van der Waals surface area (Å²) in [4.78, 5) is 22.4. The molecule has 0 aliphatic heterocycles. The minimum absolute atomic E-state index is 0.0981. The van der Waals surface area contributed by atoms with Gasteiger partial charge in [0.05, 0.1) is 10.5 Å². The number of ether oxygens (including phenoxy) is 1. The number of carbonyl (C=O) groups excluding carboxylic acids is 1. The van der Waals surface area contributed by atoms with Crippen LogP contribution in [0.2, 0.25) is 0 Å². The van der Waals surface area contributed by atoms with E-state index in [1.54, 1.807) is 19.1 Å². The zero-order valence-corrected chi connectivity index (χ0v) is 14.3. The number of aromatic nitrogens is 2. The van der Waals surface area contributed by atoms with E-state index in [1.807, 2.05) is 30.3 Å². The summed E-state index contributed by atoms with van der Waals surface area (Å²) in [6.07, 6.45) is 1.68. The fourth-order valence-corrected chi connectivity index (χ4v) is 2.31. The normalized spacial score (nSPS) is 12.0. The van der Waals surface area contributed by atoms with Gasteiger partial charge in [0.15, 0.2) is 6.10 Å². The number of para-hydroxylation sites is 1. The highest BCUT2D eigenvalue weighted by Gasteiger charge is 2.18. The Labute approximate surface area is 154 Å². The molecule has 1 atom stereocenters. The van der Waals surface area contributed by atoms with Gasteiger partial charge < -0.3 is 9.15 Å². The predicted octanol–water partition coefficient (Wildman–Crippen LogP) is 3.96. The zero-order chi connectivity index (χ0) is 19.2. The molecule has 136 valence electrons. The van der Waals surface area contributed by atoms with E-state index in [4.69, 9.17) is 9.15 Å². The van der Waals surface area contributed by atoms with Gasteiger partial charge in [-0.3, -0.25) is 10.1 Å².